The van der Waals surface area contributed by atoms with E-state index in [1.165, 1.54) is 0 Å². The Kier molecular flexibility index (Phi) is 8.91. The summed E-state index contributed by atoms with van der Waals surface area (Å²) < 4.78 is 0. The van der Waals surface area contributed by atoms with Crippen LogP contribution in [0.2, 0.25) is 0 Å². The van der Waals surface area contributed by atoms with Gasteiger partial charge >= 0.3 is 0 Å². The molecule has 1 N–H and O–H groups in total. The first-order valence-corrected chi connectivity index (χ1v) is 8.33. The average Bonchev–Trinajstić information content (AvgIpc) is 2.80. The molecule has 2 aliphatic carbocycles. The van der Waals surface area contributed by atoms with Crippen LogP contribution in [0.1, 0.15) is 13.8 Å². The van der Waals surface area contributed by atoms with Crippen molar-refractivity contribution in [3.8, 4) is 0 Å². The van der Waals surface area contributed by atoms with E-state index in [0.29, 0.717) is 18.8 Å². The Bertz CT molecular complexity index is 559. The monoisotopic (exact) mass is 334 g/mol. The molecular formula is C18H23ClN2O2. The van der Waals surface area contributed by atoms with Crippen LogP contribution in [0.5, 0.6) is 0 Å². The maximum atomic E-state index is 10.5. The highest BCUT2D eigenvalue weighted by Gasteiger charge is 2.23. The maximum absolute atomic E-state index is 10.5. The molecule has 4 nitrogen and oxygen atoms in total. The fourth-order valence-corrected chi connectivity index (χ4v) is 2.85. The van der Waals surface area contributed by atoms with Gasteiger partial charge < -0.3 is 5.32 Å². The van der Waals surface area contributed by atoms with Crippen LogP contribution in [0.4, 0.5) is 0 Å². The predicted molar refractivity (Wildman–Crippen MR) is 96.3 cm³/mol. The van der Waals surface area contributed by atoms with Crippen molar-refractivity contribution in [2.24, 2.45) is 17.0 Å². The van der Waals surface area contributed by atoms with Gasteiger partial charge in [-0.15, -0.1) is 11.6 Å². The molecule has 0 saturated carbocycles. The topological polar surface area (TPSA) is 58.5 Å². The number of carbonyl (C=O) groups is 1. The molecule has 0 radical (unpaired) electrons. The molecule has 5 heteroatoms. The molecule has 2 unspecified atom stereocenters. The van der Waals surface area contributed by atoms with Crippen LogP contribution in [-0.2, 0) is 4.79 Å². The lowest BCUT2D eigenvalue weighted by Crippen LogP contribution is -2.26. The lowest BCUT2D eigenvalue weighted by Gasteiger charge is -2.25. The normalized spacial score (nSPS) is 19.8. The third kappa shape index (κ3) is 5.32. The molecule has 0 aliphatic heterocycles. The Labute approximate surface area is 142 Å². The molecule has 124 valence electrons. The summed E-state index contributed by atoms with van der Waals surface area (Å²) in [5.74, 6) is 0.600. The van der Waals surface area contributed by atoms with E-state index in [1.54, 1.807) is 0 Å². The van der Waals surface area contributed by atoms with Gasteiger partial charge in [-0.3, -0.25) is 4.79 Å². The zero-order valence-corrected chi connectivity index (χ0v) is 14.3. The van der Waals surface area contributed by atoms with Crippen LogP contribution in [0.15, 0.2) is 64.4 Å². The first-order chi connectivity index (χ1) is 11.3. The van der Waals surface area contributed by atoms with Gasteiger partial charge in [0.15, 0.2) is 0 Å². The molecule has 0 aromatic carbocycles. The summed E-state index contributed by atoms with van der Waals surface area (Å²) in [7, 11) is 0. The minimum atomic E-state index is 0.0584. The van der Waals surface area contributed by atoms with E-state index in [1.807, 2.05) is 50.3 Å². The lowest BCUT2D eigenvalue weighted by atomic mass is 9.81. The molecule has 0 bridgehead atoms. The van der Waals surface area contributed by atoms with Crippen molar-refractivity contribution in [1.82, 2.24) is 5.32 Å². The average molecular weight is 335 g/mol. The molecule has 0 saturated heterocycles. The van der Waals surface area contributed by atoms with Gasteiger partial charge in [0, 0.05) is 24.3 Å². The molecule has 23 heavy (non-hydrogen) atoms. The summed E-state index contributed by atoms with van der Waals surface area (Å²) in [6, 6.07) is 0. The van der Waals surface area contributed by atoms with Crippen molar-refractivity contribution < 1.29 is 4.79 Å². The first kappa shape index (κ1) is 19.1. The van der Waals surface area contributed by atoms with Crippen molar-refractivity contribution in [3.63, 3.8) is 0 Å². The Morgan fingerprint density at radius 1 is 1.35 bits per heavy atom. The number of allylic oxidation sites excluding steroid dienone is 7. The van der Waals surface area contributed by atoms with E-state index < -0.39 is 0 Å². The van der Waals surface area contributed by atoms with Crippen LogP contribution in [0.3, 0.4) is 0 Å². The van der Waals surface area contributed by atoms with Gasteiger partial charge in [-0.25, -0.2) is 0 Å². The SMILES string of the molecule is CC.O=CNCC(CCl)C1=CC=CC2C=C(CN=O)C=CC=C12. The molecule has 2 atom stereocenters. The van der Waals surface area contributed by atoms with E-state index in [-0.39, 0.29) is 18.4 Å². The number of carbonyl (C=O) groups excluding carboxylic acids is 1. The van der Waals surface area contributed by atoms with Gasteiger partial charge in [-0.2, -0.15) is 4.91 Å². The number of halogens is 1. The second-order valence-corrected chi connectivity index (χ2v) is 5.23. The van der Waals surface area contributed by atoms with E-state index in [0.717, 1.165) is 16.7 Å². The van der Waals surface area contributed by atoms with Crippen molar-refractivity contribution in [2.45, 2.75) is 13.8 Å². The fraction of sp³-hybridized carbons (Fsp3) is 0.389. The van der Waals surface area contributed by atoms with Gasteiger partial charge in [-0.05, 0) is 16.7 Å². The summed E-state index contributed by atoms with van der Waals surface area (Å²) in [6.07, 6.45) is 14.7. The van der Waals surface area contributed by atoms with Gasteiger partial charge in [0.25, 0.3) is 0 Å². The van der Waals surface area contributed by atoms with Crippen LogP contribution < -0.4 is 5.32 Å². The van der Waals surface area contributed by atoms with Gasteiger partial charge in [0.1, 0.15) is 6.54 Å². The zero-order valence-electron chi connectivity index (χ0n) is 13.5. The molecule has 0 heterocycles. The Balaban J connectivity index is 0.00000127. The third-order valence-corrected chi connectivity index (χ3v) is 3.96. The minimum absolute atomic E-state index is 0.0584. The standard InChI is InChI=1S/C16H17ClN2O2.C2H6/c17-8-14(10-18-11-20)16-6-2-4-13-7-12(9-19-21)3-1-5-15(13)16;1-2/h1-7,11,13-14H,8-10H2,(H,18,20);1-2H3. The number of nitroso groups, excluding NO2 is 1. The van der Waals surface area contributed by atoms with E-state index in [9.17, 15) is 9.70 Å². The van der Waals surface area contributed by atoms with Crippen molar-refractivity contribution in [3.05, 3.63) is 64.2 Å². The summed E-state index contributed by atoms with van der Waals surface area (Å²) in [6.45, 7) is 4.68. The smallest absolute Gasteiger partial charge is 0.207 e. The quantitative estimate of drug-likeness (QED) is 0.436. The Morgan fingerprint density at radius 2 is 2.13 bits per heavy atom. The number of nitrogens with one attached hydrogen (secondary N) is 1. The maximum Gasteiger partial charge on any atom is 0.207 e. The van der Waals surface area contributed by atoms with Crippen molar-refractivity contribution >= 4 is 18.0 Å². The number of fused-ring (bicyclic) bond motifs is 1. The molecule has 0 fully saturated rings. The van der Waals surface area contributed by atoms with Gasteiger partial charge in [0.05, 0.1) is 0 Å². The number of amides is 1. The highest BCUT2D eigenvalue weighted by Crippen LogP contribution is 2.34. The Morgan fingerprint density at radius 3 is 2.78 bits per heavy atom. The second-order valence-electron chi connectivity index (χ2n) is 4.92. The first-order valence-electron chi connectivity index (χ1n) is 7.80. The molecule has 2 rings (SSSR count). The summed E-state index contributed by atoms with van der Waals surface area (Å²) in [5, 5.41) is 5.64. The number of rotatable bonds is 7. The zero-order chi connectivity index (χ0) is 17.1. The summed E-state index contributed by atoms with van der Waals surface area (Å²) in [4.78, 5) is 21.0. The lowest BCUT2D eigenvalue weighted by molar-refractivity contribution is -0.109. The summed E-state index contributed by atoms with van der Waals surface area (Å²) in [5.41, 5.74) is 3.17. The van der Waals surface area contributed by atoms with Crippen LogP contribution in [0.25, 0.3) is 0 Å². The minimum Gasteiger partial charge on any atom is -0.358 e. The van der Waals surface area contributed by atoms with Crippen molar-refractivity contribution in [1.29, 1.82) is 0 Å². The number of hydrogen-bond donors (Lipinski definition) is 1. The molecule has 0 spiro atoms. The molecule has 0 aromatic heterocycles. The van der Waals surface area contributed by atoms with Gasteiger partial charge in [0.2, 0.25) is 6.41 Å². The largest absolute Gasteiger partial charge is 0.358 e. The fourth-order valence-electron chi connectivity index (χ4n) is 2.58. The highest BCUT2D eigenvalue weighted by atomic mass is 35.5. The number of nitrogens with zero attached hydrogens (tertiary/aromatic N) is 1. The summed E-state index contributed by atoms with van der Waals surface area (Å²) >= 11 is 6.05. The van der Waals surface area contributed by atoms with Crippen molar-refractivity contribution in [2.75, 3.05) is 19.0 Å². The van der Waals surface area contributed by atoms with E-state index in [4.69, 9.17) is 11.6 Å². The van der Waals surface area contributed by atoms with Gasteiger partial charge in [-0.1, -0.05) is 61.6 Å². The van der Waals surface area contributed by atoms with E-state index in [2.05, 4.69) is 16.6 Å². The van der Waals surface area contributed by atoms with E-state index >= 15 is 0 Å². The molecule has 2 aliphatic rings. The van der Waals surface area contributed by atoms with Crippen LogP contribution >= 0.6 is 11.6 Å². The second kappa shape index (κ2) is 10.7. The number of hydrogen-bond acceptors (Lipinski definition) is 3. The van der Waals surface area contributed by atoms with Crippen LogP contribution in [-0.4, -0.2) is 25.4 Å². The third-order valence-electron chi connectivity index (χ3n) is 3.59. The molecular weight excluding hydrogens is 312 g/mol. The van der Waals surface area contributed by atoms with Crippen LogP contribution in [0, 0.1) is 16.7 Å². The molecule has 0 aromatic rings. The Hall–Kier alpha value is -1.94. The number of alkyl halides is 1. The highest BCUT2D eigenvalue weighted by molar-refractivity contribution is 6.18. The predicted octanol–water partition coefficient (Wildman–Crippen LogP) is 3.92. The molecule has 1 amide bonds.